The number of aromatic hydroxyl groups is 1. The molecule has 0 saturated heterocycles. The maximum atomic E-state index is 13.2. The van der Waals surface area contributed by atoms with Gasteiger partial charge < -0.3 is 24.0 Å². The average Bonchev–Trinajstić information content (AvgIpc) is 2.81. The first-order chi connectivity index (χ1) is 15.4. The van der Waals surface area contributed by atoms with Crippen LogP contribution in [-0.4, -0.2) is 58.6 Å². The van der Waals surface area contributed by atoms with Gasteiger partial charge in [0.05, 0.1) is 35.3 Å². The summed E-state index contributed by atoms with van der Waals surface area (Å²) in [5, 5.41) is 11.6. The standard InChI is InChI=1S/C23H26N2O5S2/c1-24-19-10-9-17(32(28)14-13-30-3)15-18(19)21(26)20(22(24)27)23(31)25(11-12-29-2)16-7-5-4-6-8-16/h4-10,15,26H,11-14H2,1-3H3. The quantitative estimate of drug-likeness (QED) is 0.478. The molecule has 0 saturated carbocycles. The normalized spacial score (nSPS) is 12.1. The second-order valence-electron chi connectivity index (χ2n) is 7.09. The number of nitrogens with zero attached hydrogens (tertiary/aromatic N) is 2. The molecular weight excluding hydrogens is 448 g/mol. The largest absolute Gasteiger partial charge is 0.506 e. The van der Waals surface area contributed by atoms with E-state index in [-0.39, 0.29) is 16.3 Å². The number of para-hydroxylation sites is 1. The molecule has 0 bridgehead atoms. The molecule has 0 aliphatic rings. The third kappa shape index (κ3) is 4.91. The molecule has 0 aliphatic heterocycles. The van der Waals surface area contributed by atoms with E-state index in [9.17, 15) is 14.1 Å². The first kappa shape index (κ1) is 24.1. The fourth-order valence-electron chi connectivity index (χ4n) is 3.39. The molecule has 0 spiro atoms. The van der Waals surface area contributed by atoms with Crippen molar-refractivity contribution in [3.05, 3.63) is 64.4 Å². The van der Waals surface area contributed by atoms with Crippen molar-refractivity contribution in [1.82, 2.24) is 4.57 Å². The first-order valence-corrected chi connectivity index (χ1v) is 11.7. The molecule has 3 aromatic rings. The summed E-state index contributed by atoms with van der Waals surface area (Å²) in [5.74, 6) is 0.107. The minimum Gasteiger partial charge on any atom is -0.506 e. The minimum atomic E-state index is -1.30. The van der Waals surface area contributed by atoms with Crippen LogP contribution in [0.3, 0.4) is 0 Å². The van der Waals surface area contributed by atoms with E-state index in [1.807, 2.05) is 30.3 Å². The summed E-state index contributed by atoms with van der Waals surface area (Å²) in [6.45, 7) is 1.14. The molecule has 9 heteroatoms. The molecule has 3 rings (SSSR count). The molecule has 0 radical (unpaired) electrons. The van der Waals surface area contributed by atoms with Gasteiger partial charge in [0.25, 0.3) is 5.56 Å². The van der Waals surface area contributed by atoms with Crippen LogP contribution in [0.5, 0.6) is 5.75 Å². The van der Waals surface area contributed by atoms with E-state index >= 15 is 0 Å². The average molecular weight is 475 g/mol. The summed E-state index contributed by atoms with van der Waals surface area (Å²) in [4.78, 5) is 15.7. The van der Waals surface area contributed by atoms with Crippen LogP contribution in [0.4, 0.5) is 5.69 Å². The molecule has 0 amide bonds. The summed E-state index contributed by atoms with van der Waals surface area (Å²) in [5.41, 5.74) is 0.918. The second-order valence-corrected chi connectivity index (χ2v) is 9.05. The van der Waals surface area contributed by atoms with Gasteiger partial charge in [0.2, 0.25) is 0 Å². The van der Waals surface area contributed by atoms with E-state index < -0.39 is 16.4 Å². The maximum Gasteiger partial charge on any atom is 0.264 e. The fraction of sp³-hybridized carbons (Fsp3) is 0.304. The zero-order chi connectivity index (χ0) is 23.3. The molecule has 7 nitrogen and oxygen atoms in total. The Labute approximate surface area is 194 Å². The Balaban J connectivity index is 2.14. The van der Waals surface area contributed by atoms with Gasteiger partial charge in [-0.3, -0.25) is 9.00 Å². The Kier molecular flexibility index (Phi) is 8.14. The number of ether oxygens (including phenoxy) is 2. The van der Waals surface area contributed by atoms with Gasteiger partial charge in [-0.2, -0.15) is 0 Å². The van der Waals surface area contributed by atoms with Crippen LogP contribution in [0.1, 0.15) is 5.56 Å². The van der Waals surface area contributed by atoms with E-state index in [4.69, 9.17) is 21.7 Å². The first-order valence-electron chi connectivity index (χ1n) is 9.99. The predicted molar refractivity (Wildman–Crippen MR) is 131 cm³/mol. The van der Waals surface area contributed by atoms with Gasteiger partial charge in [-0.05, 0) is 30.3 Å². The number of methoxy groups -OCH3 is 2. The van der Waals surface area contributed by atoms with Crippen molar-refractivity contribution >= 4 is 44.6 Å². The van der Waals surface area contributed by atoms with Crippen LogP contribution in [0.25, 0.3) is 10.9 Å². The van der Waals surface area contributed by atoms with Crippen molar-refractivity contribution < 1.29 is 18.8 Å². The van der Waals surface area contributed by atoms with Crippen molar-refractivity contribution in [2.75, 3.05) is 44.6 Å². The number of aryl methyl sites for hydroxylation is 1. The van der Waals surface area contributed by atoms with E-state index in [0.717, 1.165) is 5.69 Å². The fourth-order valence-corrected chi connectivity index (χ4v) is 4.80. The number of rotatable bonds is 9. The molecule has 170 valence electrons. The van der Waals surface area contributed by atoms with Crippen molar-refractivity contribution in [1.29, 1.82) is 0 Å². The van der Waals surface area contributed by atoms with E-state index in [1.165, 1.54) is 4.57 Å². The zero-order valence-electron chi connectivity index (χ0n) is 18.2. The number of hydrogen-bond acceptors (Lipinski definition) is 6. The summed E-state index contributed by atoms with van der Waals surface area (Å²) in [6, 6.07) is 14.4. The van der Waals surface area contributed by atoms with Gasteiger partial charge >= 0.3 is 0 Å². The Hall–Kier alpha value is -2.59. The van der Waals surface area contributed by atoms with Crippen molar-refractivity contribution in [2.45, 2.75) is 4.90 Å². The van der Waals surface area contributed by atoms with E-state index in [0.29, 0.717) is 41.3 Å². The Morgan fingerprint density at radius 3 is 2.47 bits per heavy atom. The molecule has 1 heterocycles. The highest BCUT2D eigenvalue weighted by atomic mass is 32.2. The predicted octanol–water partition coefficient (Wildman–Crippen LogP) is 2.83. The Bertz CT molecular complexity index is 1190. The third-order valence-corrected chi connectivity index (χ3v) is 6.86. The number of pyridine rings is 1. The monoisotopic (exact) mass is 474 g/mol. The molecule has 1 atom stereocenters. The third-order valence-electron chi connectivity index (χ3n) is 5.12. The minimum absolute atomic E-state index is 0.0229. The second kappa shape index (κ2) is 10.8. The van der Waals surface area contributed by atoms with Crippen LogP contribution in [-0.2, 0) is 27.3 Å². The summed E-state index contributed by atoms with van der Waals surface area (Å²) < 4.78 is 24.2. The SMILES string of the molecule is COCCN(C(=S)c1c(O)c2cc(S(=O)CCOC)ccc2n(C)c1=O)c1ccccc1. The molecule has 1 N–H and O–H groups in total. The van der Waals surface area contributed by atoms with Gasteiger partial charge in [0.1, 0.15) is 16.3 Å². The molecule has 0 aliphatic carbocycles. The van der Waals surface area contributed by atoms with Gasteiger partial charge in [0, 0.05) is 43.8 Å². The Morgan fingerprint density at radius 1 is 1.12 bits per heavy atom. The number of thiocarbonyl (C=S) groups is 1. The van der Waals surface area contributed by atoms with Crippen LogP contribution in [0.2, 0.25) is 0 Å². The molecule has 2 aromatic carbocycles. The molecule has 32 heavy (non-hydrogen) atoms. The van der Waals surface area contributed by atoms with Gasteiger partial charge in [-0.25, -0.2) is 0 Å². The lowest BCUT2D eigenvalue weighted by atomic mass is 10.1. The lowest BCUT2D eigenvalue weighted by molar-refractivity contribution is 0.208. The van der Waals surface area contributed by atoms with Crippen molar-refractivity contribution in [2.24, 2.45) is 7.05 Å². The highest BCUT2D eigenvalue weighted by Gasteiger charge is 2.24. The number of benzene rings is 2. The lowest BCUT2D eigenvalue weighted by Gasteiger charge is -2.26. The van der Waals surface area contributed by atoms with Crippen molar-refractivity contribution in [3.63, 3.8) is 0 Å². The summed E-state index contributed by atoms with van der Waals surface area (Å²) in [7, 11) is 3.46. The summed E-state index contributed by atoms with van der Waals surface area (Å²) in [6.07, 6.45) is 0. The van der Waals surface area contributed by atoms with Crippen LogP contribution in [0.15, 0.2) is 58.2 Å². The molecule has 1 aromatic heterocycles. The Morgan fingerprint density at radius 2 is 1.81 bits per heavy atom. The number of hydrogen-bond donors (Lipinski definition) is 1. The number of anilines is 1. The molecule has 1 unspecified atom stereocenters. The molecular formula is C23H26N2O5S2. The van der Waals surface area contributed by atoms with Crippen molar-refractivity contribution in [3.8, 4) is 5.75 Å². The highest BCUT2D eigenvalue weighted by Crippen LogP contribution is 2.30. The smallest absolute Gasteiger partial charge is 0.264 e. The maximum absolute atomic E-state index is 13.2. The van der Waals surface area contributed by atoms with Gasteiger partial charge in [-0.15, -0.1) is 0 Å². The van der Waals surface area contributed by atoms with Crippen LogP contribution in [0, 0.1) is 0 Å². The lowest BCUT2D eigenvalue weighted by Crippen LogP contribution is -2.37. The van der Waals surface area contributed by atoms with Crippen LogP contribution < -0.4 is 10.5 Å². The van der Waals surface area contributed by atoms with Crippen LogP contribution >= 0.6 is 12.2 Å². The topological polar surface area (TPSA) is 81.0 Å². The van der Waals surface area contributed by atoms with E-state index in [2.05, 4.69) is 0 Å². The number of fused-ring (bicyclic) bond motifs is 1. The summed E-state index contributed by atoms with van der Waals surface area (Å²) >= 11 is 5.70. The number of aromatic nitrogens is 1. The molecule has 0 fully saturated rings. The highest BCUT2D eigenvalue weighted by molar-refractivity contribution is 7.85. The van der Waals surface area contributed by atoms with Gasteiger partial charge in [-0.1, -0.05) is 30.4 Å². The van der Waals surface area contributed by atoms with Gasteiger partial charge in [0.15, 0.2) is 0 Å². The van der Waals surface area contributed by atoms with E-state index in [1.54, 1.807) is 44.4 Å². The zero-order valence-corrected chi connectivity index (χ0v) is 19.9.